The van der Waals surface area contributed by atoms with Gasteiger partial charge in [0.1, 0.15) is 5.60 Å². The summed E-state index contributed by atoms with van der Waals surface area (Å²) in [7, 11) is 0. The zero-order valence-corrected chi connectivity index (χ0v) is 24.5. The Balaban J connectivity index is 1.76. The first-order valence-electron chi connectivity index (χ1n) is 14.2. The molecule has 2 aliphatic rings. The minimum Gasteiger partial charge on any atom is -0.462 e. The maximum absolute atomic E-state index is 13.5. The van der Waals surface area contributed by atoms with Crippen LogP contribution in [0.3, 0.4) is 0 Å². The Bertz CT molecular complexity index is 1330. The van der Waals surface area contributed by atoms with Gasteiger partial charge in [-0.25, -0.2) is 0 Å². The third-order valence-corrected chi connectivity index (χ3v) is 7.61. The van der Waals surface area contributed by atoms with Crippen molar-refractivity contribution in [2.75, 3.05) is 6.61 Å². The molecule has 0 amide bonds. The lowest BCUT2D eigenvalue weighted by molar-refractivity contribution is -0.141. The summed E-state index contributed by atoms with van der Waals surface area (Å²) in [5, 5.41) is 9.48. The molecule has 0 fully saturated rings. The Morgan fingerprint density at radius 3 is 1.61 bits per heavy atom. The van der Waals surface area contributed by atoms with Crippen molar-refractivity contribution in [1.82, 2.24) is 0 Å². The Morgan fingerprint density at radius 2 is 1.17 bits per heavy atom. The van der Waals surface area contributed by atoms with Crippen molar-refractivity contribution in [3.05, 3.63) is 70.8 Å². The molecule has 218 valence electrons. The molecule has 3 rings (SSSR count). The minimum atomic E-state index is -0.604. The number of carbonyl (C=O) groups excluding carboxylic acids is 5. The lowest BCUT2D eigenvalue weighted by Gasteiger charge is -2.23. The molecule has 0 atom stereocenters. The zero-order valence-electron chi connectivity index (χ0n) is 24.5. The number of ether oxygens (including phenoxy) is 1. The van der Waals surface area contributed by atoms with E-state index in [2.05, 4.69) is 0 Å². The van der Waals surface area contributed by atoms with Gasteiger partial charge in [0.25, 0.3) is 6.47 Å². The number of aliphatic hydroxyl groups excluding tert-OH is 1. The van der Waals surface area contributed by atoms with Gasteiger partial charge < -0.3 is 9.84 Å². The second kappa shape index (κ2) is 13.8. The number of allylic oxidation sites excluding steroid dienone is 8. The SMILES string of the molecule is CC(C)(CO)CCCCC1=CC(=O)C=C(c2ccccc2C2=CC(=O)C=C(CCCCC(C)(C)OC=O)C2=O)C1=O. The number of hydrogen-bond acceptors (Lipinski definition) is 7. The van der Waals surface area contributed by atoms with Crippen LogP contribution in [0.25, 0.3) is 11.1 Å². The van der Waals surface area contributed by atoms with Crippen LogP contribution in [0.2, 0.25) is 0 Å². The van der Waals surface area contributed by atoms with Crippen molar-refractivity contribution in [3.8, 4) is 0 Å². The van der Waals surface area contributed by atoms with E-state index in [0.29, 0.717) is 67.3 Å². The summed E-state index contributed by atoms with van der Waals surface area (Å²) in [5.41, 5.74) is 1.32. The number of ketones is 4. The van der Waals surface area contributed by atoms with Crippen LogP contribution >= 0.6 is 0 Å². The van der Waals surface area contributed by atoms with Gasteiger partial charge in [-0.15, -0.1) is 0 Å². The van der Waals surface area contributed by atoms with E-state index in [1.54, 1.807) is 24.3 Å². The van der Waals surface area contributed by atoms with Crippen LogP contribution in [-0.2, 0) is 28.7 Å². The monoisotopic (exact) mass is 560 g/mol. The van der Waals surface area contributed by atoms with Crippen LogP contribution in [0, 0.1) is 5.41 Å². The topological polar surface area (TPSA) is 115 Å². The first-order valence-corrected chi connectivity index (χ1v) is 14.2. The Kier molecular flexibility index (Phi) is 10.7. The van der Waals surface area contributed by atoms with Gasteiger partial charge in [0.15, 0.2) is 23.1 Å². The average molecular weight is 561 g/mol. The number of carbonyl (C=O) groups is 5. The minimum absolute atomic E-state index is 0.0826. The molecule has 1 aromatic rings. The summed E-state index contributed by atoms with van der Waals surface area (Å²) in [6, 6.07) is 6.87. The standard InChI is InChI=1S/C34H40O7/c1-33(2,21-35)15-9-7-11-23-17-25(37)19-29(31(23)39)27-13-5-6-14-28(27)30-20-26(38)18-24(32(30)40)12-8-10-16-34(3,4)41-22-36/h5-6,13-14,17-20,22,35H,7-12,15-16,21H2,1-4H3. The van der Waals surface area contributed by atoms with Gasteiger partial charge in [-0.2, -0.15) is 0 Å². The van der Waals surface area contributed by atoms with Crippen molar-refractivity contribution >= 4 is 40.8 Å². The van der Waals surface area contributed by atoms with Crippen molar-refractivity contribution in [2.45, 2.75) is 84.7 Å². The third kappa shape index (κ3) is 8.64. The van der Waals surface area contributed by atoms with Gasteiger partial charge in [0.2, 0.25) is 0 Å². The summed E-state index contributed by atoms with van der Waals surface area (Å²) in [5.74, 6) is -1.13. The Labute approximate surface area is 242 Å². The molecule has 41 heavy (non-hydrogen) atoms. The smallest absolute Gasteiger partial charge is 0.293 e. The van der Waals surface area contributed by atoms with E-state index >= 15 is 0 Å². The average Bonchev–Trinajstić information content (AvgIpc) is 2.92. The van der Waals surface area contributed by atoms with Crippen molar-refractivity contribution in [2.24, 2.45) is 5.41 Å². The van der Waals surface area contributed by atoms with Gasteiger partial charge in [-0.1, -0.05) is 44.5 Å². The van der Waals surface area contributed by atoms with Crippen molar-refractivity contribution < 1.29 is 33.8 Å². The highest BCUT2D eigenvalue weighted by atomic mass is 16.5. The normalized spacial score (nSPS) is 16.2. The van der Waals surface area contributed by atoms with E-state index in [0.717, 1.165) is 12.8 Å². The second-order valence-corrected chi connectivity index (χ2v) is 12.2. The van der Waals surface area contributed by atoms with Gasteiger partial charge in [-0.3, -0.25) is 24.0 Å². The molecule has 0 spiro atoms. The predicted octanol–water partition coefficient (Wildman–Crippen LogP) is 5.70. The van der Waals surface area contributed by atoms with E-state index in [1.807, 2.05) is 27.7 Å². The van der Waals surface area contributed by atoms with E-state index in [9.17, 15) is 29.1 Å². The fourth-order valence-electron chi connectivity index (χ4n) is 5.10. The van der Waals surface area contributed by atoms with E-state index in [-0.39, 0.29) is 46.3 Å². The molecule has 1 N–H and O–H groups in total. The summed E-state index contributed by atoms with van der Waals surface area (Å²) in [4.78, 5) is 63.0. The molecular formula is C34H40O7. The summed E-state index contributed by atoms with van der Waals surface area (Å²) >= 11 is 0. The summed E-state index contributed by atoms with van der Waals surface area (Å²) < 4.78 is 5.08. The lowest BCUT2D eigenvalue weighted by atomic mass is 9.81. The molecule has 0 unspecified atom stereocenters. The lowest BCUT2D eigenvalue weighted by Crippen LogP contribution is -2.23. The number of benzene rings is 1. The van der Waals surface area contributed by atoms with Crippen molar-refractivity contribution in [1.29, 1.82) is 0 Å². The molecule has 0 saturated heterocycles. The van der Waals surface area contributed by atoms with Crippen LogP contribution in [-0.4, -0.2) is 46.9 Å². The molecule has 0 radical (unpaired) electrons. The van der Waals surface area contributed by atoms with Crippen LogP contribution < -0.4 is 0 Å². The van der Waals surface area contributed by atoms with Gasteiger partial charge in [0, 0.05) is 28.9 Å². The molecule has 0 aliphatic heterocycles. The van der Waals surface area contributed by atoms with Gasteiger partial charge >= 0.3 is 0 Å². The fourth-order valence-corrected chi connectivity index (χ4v) is 5.10. The Morgan fingerprint density at radius 1 is 0.707 bits per heavy atom. The molecule has 2 aliphatic carbocycles. The molecular weight excluding hydrogens is 520 g/mol. The molecule has 0 saturated carbocycles. The number of Topliss-reactive ketones (excluding diaryl/α,β-unsaturated/α-hetero) is 2. The first-order chi connectivity index (χ1) is 19.4. The number of rotatable bonds is 15. The molecule has 1 aromatic carbocycles. The van der Waals surface area contributed by atoms with Crippen molar-refractivity contribution in [3.63, 3.8) is 0 Å². The largest absolute Gasteiger partial charge is 0.462 e. The third-order valence-electron chi connectivity index (χ3n) is 7.61. The van der Waals surface area contributed by atoms with Gasteiger partial charge in [0.05, 0.1) is 0 Å². The number of unbranched alkanes of at least 4 members (excludes halogenated alkanes) is 2. The molecule has 7 nitrogen and oxygen atoms in total. The van der Waals surface area contributed by atoms with Gasteiger partial charge in [-0.05, 0) is 99.6 Å². The maximum Gasteiger partial charge on any atom is 0.293 e. The number of hydrogen-bond donors (Lipinski definition) is 1. The predicted molar refractivity (Wildman–Crippen MR) is 158 cm³/mol. The first kappa shape index (κ1) is 31.8. The van der Waals surface area contributed by atoms with E-state index in [4.69, 9.17) is 4.74 Å². The zero-order chi connectivity index (χ0) is 30.2. The molecule has 7 heteroatoms. The fraction of sp³-hybridized carbons (Fsp3) is 0.441. The van der Waals surface area contributed by atoms with E-state index in [1.165, 1.54) is 24.3 Å². The van der Waals surface area contributed by atoms with Crippen LogP contribution in [0.15, 0.2) is 59.7 Å². The second-order valence-electron chi connectivity index (χ2n) is 12.2. The molecule has 0 bridgehead atoms. The van der Waals surface area contributed by atoms with Crippen LogP contribution in [0.5, 0.6) is 0 Å². The highest BCUT2D eigenvalue weighted by Crippen LogP contribution is 2.35. The Hall–Kier alpha value is -3.71. The maximum atomic E-state index is 13.5. The summed E-state index contributed by atoms with van der Waals surface area (Å²) in [6.07, 6.45) is 10.4. The highest BCUT2D eigenvalue weighted by molar-refractivity contribution is 6.40. The quantitative estimate of drug-likeness (QED) is 0.166. The number of aliphatic hydroxyl groups is 1. The van der Waals surface area contributed by atoms with E-state index < -0.39 is 5.60 Å². The van der Waals surface area contributed by atoms with Crippen LogP contribution in [0.1, 0.15) is 90.2 Å². The summed E-state index contributed by atoms with van der Waals surface area (Å²) in [6.45, 7) is 8.12. The molecule has 0 aromatic heterocycles. The van der Waals surface area contributed by atoms with Crippen LogP contribution in [0.4, 0.5) is 0 Å². The molecule has 0 heterocycles. The highest BCUT2D eigenvalue weighted by Gasteiger charge is 2.29.